The highest BCUT2D eigenvalue weighted by Gasteiger charge is 2.41. The van der Waals surface area contributed by atoms with Gasteiger partial charge in [0.1, 0.15) is 11.3 Å². The van der Waals surface area contributed by atoms with Gasteiger partial charge in [0, 0.05) is 37.6 Å². The molecule has 3 saturated heterocycles. The number of hydrogen-bond acceptors (Lipinski definition) is 4. The first-order chi connectivity index (χ1) is 13.7. The number of para-hydroxylation sites is 1. The van der Waals surface area contributed by atoms with Crippen LogP contribution in [0.3, 0.4) is 0 Å². The van der Waals surface area contributed by atoms with Gasteiger partial charge in [-0.15, -0.1) is 0 Å². The van der Waals surface area contributed by atoms with E-state index >= 15 is 0 Å². The van der Waals surface area contributed by atoms with Gasteiger partial charge in [0.15, 0.2) is 0 Å². The number of ether oxygens (including phenoxy) is 1. The molecule has 2 bridgehead atoms. The van der Waals surface area contributed by atoms with Crippen LogP contribution in [0, 0.1) is 11.8 Å². The average molecular weight is 380 g/mol. The van der Waals surface area contributed by atoms with Crippen molar-refractivity contribution in [3.8, 4) is 5.75 Å². The summed E-state index contributed by atoms with van der Waals surface area (Å²) >= 11 is 0. The Hall–Kier alpha value is -2.14. The van der Waals surface area contributed by atoms with Crippen LogP contribution in [-0.2, 0) is 11.3 Å². The number of fused-ring (bicyclic) bond motifs is 5. The number of carbonyl (C=O) groups is 1. The third-order valence-electron chi connectivity index (χ3n) is 6.90. The number of amides is 1. The fraction of sp³-hybridized carbons (Fsp3) is 0.565. The van der Waals surface area contributed by atoms with Gasteiger partial charge >= 0.3 is 0 Å². The number of piperidine rings is 1. The summed E-state index contributed by atoms with van der Waals surface area (Å²) in [6, 6.07) is 10.6. The Morgan fingerprint density at radius 3 is 2.79 bits per heavy atom. The Kier molecular flexibility index (Phi) is 4.71. The largest absolute Gasteiger partial charge is 0.494 e. The van der Waals surface area contributed by atoms with Crippen molar-refractivity contribution in [3.63, 3.8) is 0 Å². The molecular weight excluding hydrogens is 350 g/mol. The van der Waals surface area contributed by atoms with Crippen LogP contribution in [0.1, 0.15) is 37.8 Å². The summed E-state index contributed by atoms with van der Waals surface area (Å²) < 4.78 is 5.49. The zero-order valence-electron chi connectivity index (χ0n) is 16.6. The lowest BCUT2D eigenvalue weighted by Crippen LogP contribution is -2.50. The van der Waals surface area contributed by atoms with E-state index in [1.54, 1.807) is 7.11 Å². The molecule has 148 valence electrons. The molecule has 1 aromatic carbocycles. The Morgan fingerprint density at radius 1 is 1.11 bits per heavy atom. The van der Waals surface area contributed by atoms with Crippen molar-refractivity contribution in [2.45, 2.75) is 44.7 Å². The van der Waals surface area contributed by atoms with E-state index < -0.39 is 0 Å². The third kappa shape index (κ3) is 3.26. The minimum absolute atomic E-state index is 0.161. The summed E-state index contributed by atoms with van der Waals surface area (Å²) in [5, 5.41) is 1.10. The summed E-state index contributed by atoms with van der Waals surface area (Å²) in [5.41, 5.74) is 1.97. The third-order valence-corrected chi connectivity index (χ3v) is 6.90. The van der Waals surface area contributed by atoms with Crippen LogP contribution in [0.4, 0.5) is 0 Å². The molecule has 1 aromatic heterocycles. The summed E-state index contributed by atoms with van der Waals surface area (Å²) in [6.45, 7) is 3.62. The van der Waals surface area contributed by atoms with Crippen molar-refractivity contribution >= 4 is 16.8 Å². The molecule has 0 unspecified atom stereocenters. The Balaban J connectivity index is 1.35. The topological polar surface area (TPSA) is 45.7 Å². The molecular formula is C23H29N3O2. The van der Waals surface area contributed by atoms with Crippen molar-refractivity contribution < 1.29 is 9.53 Å². The highest BCUT2D eigenvalue weighted by molar-refractivity contribution is 5.84. The normalized spacial score (nSPS) is 25.8. The van der Waals surface area contributed by atoms with Gasteiger partial charge in [-0.2, -0.15) is 0 Å². The maximum Gasteiger partial charge on any atom is 0.227 e. The van der Waals surface area contributed by atoms with Crippen molar-refractivity contribution in [1.82, 2.24) is 14.8 Å². The summed E-state index contributed by atoms with van der Waals surface area (Å²) in [6.07, 6.45) is 6.13. The van der Waals surface area contributed by atoms with Crippen LogP contribution < -0.4 is 4.74 Å². The lowest BCUT2D eigenvalue weighted by atomic mass is 9.83. The van der Waals surface area contributed by atoms with Gasteiger partial charge in [-0.3, -0.25) is 9.69 Å². The second kappa shape index (κ2) is 7.36. The van der Waals surface area contributed by atoms with Gasteiger partial charge in [0.2, 0.25) is 5.91 Å². The van der Waals surface area contributed by atoms with Crippen LogP contribution in [0.25, 0.3) is 10.9 Å². The Labute approximate surface area is 166 Å². The molecule has 5 nitrogen and oxygen atoms in total. The SMILES string of the molecule is COc1cccc2ccc(CN3C[C@H]4CC[C@@H](C3)N(CC3CCC3)C4=O)nc12. The summed E-state index contributed by atoms with van der Waals surface area (Å²) in [7, 11) is 1.69. The number of hydrogen-bond donors (Lipinski definition) is 0. The van der Waals surface area contributed by atoms with E-state index in [-0.39, 0.29) is 5.92 Å². The fourth-order valence-corrected chi connectivity index (χ4v) is 5.09. The summed E-state index contributed by atoms with van der Waals surface area (Å²) in [5.74, 6) is 2.12. The molecule has 2 atom stereocenters. The Morgan fingerprint density at radius 2 is 2.00 bits per heavy atom. The minimum atomic E-state index is 0.161. The van der Waals surface area contributed by atoms with Crippen LogP contribution in [0.15, 0.2) is 30.3 Å². The van der Waals surface area contributed by atoms with Crippen molar-refractivity contribution in [1.29, 1.82) is 0 Å². The molecule has 3 aliphatic heterocycles. The van der Waals surface area contributed by atoms with E-state index in [2.05, 4.69) is 28.0 Å². The van der Waals surface area contributed by atoms with E-state index in [1.807, 2.05) is 12.1 Å². The number of carbonyl (C=O) groups excluding carboxylic acids is 1. The maximum absolute atomic E-state index is 13.0. The van der Waals surface area contributed by atoms with Crippen molar-refractivity contribution in [2.75, 3.05) is 26.7 Å². The molecule has 4 aliphatic rings. The van der Waals surface area contributed by atoms with Crippen LogP contribution in [-0.4, -0.2) is 53.5 Å². The van der Waals surface area contributed by atoms with Gasteiger partial charge in [-0.1, -0.05) is 24.6 Å². The first-order valence-electron chi connectivity index (χ1n) is 10.7. The number of methoxy groups -OCH3 is 1. The first kappa shape index (κ1) is 17.9. The molecule has 0 radical (unpaired) electrons. The fourth-order valence-electron chi connectivity index (χ4n) is 5.09. The number of benzene rings is 1. The van der Waals surface area contributed by atoms with Gasteiger partial charge < -0.3 is 9.64 Å². The first-order valence-corrected chi connectivity index (χ1v) is 10.7. The lowest BCUT2D eigenvalue weighted by molar-refractivity contribution is -0.141. The standard InChI is InChI=1S/C23H29N3O2/c1-28-21-7-3-6-17-8-10-19(24-22(17)21)14-25-13-18-9-11-20(15-25)26(23(18)27)12-16-4-2-5-16/h3,6-8,10,16,18,20H,2,4-5,9,11-15H2,1H3/t18-,20+/m1/s1. The predicted octanol–water partition coefficient (Wildman–Crippen LogP) is 3.47. The quantitative estimate of drug-likeness (QED) is 0.798. The second-order valence-electron chi connectivity index (χ2n) is 8.74. The van der Waals surface area contributed by atoms with E-state index in [1.165, 1.54) is 19.3 Å². The molecule has 4 fully saturated rings. The Bertz CT molecular complexity index is 879. The predicted molar refractivity (Wildman–Crippen MR) is 109 cm³/mol. The monoisotopic (exact) mass is 379 g/mol. The van der Waals surface area contributed by atoms with E-state index in [0.29, 0.717) is 11.9 Å². The lowest BCUT2D eigenvalue weighted by Gasteiger charge is -2.40. The van der Waals surface area contributed by atoms with Crippen molar-refractivity contribution in [3.05, 3.63) is 36.0 Å². The molecule has 2 aromatic rings. The smallest absolute Gasteiger partial charge is 0.227 e. The second-order valence-corrected chi connectivity index (χ2v) is 8.74. The number of aromatic nitrogens is 1. The summed E-state index contributed by atoms with van der Waals surface area (Å²) in [4.78, 5) is 22.6. The molecule has 0 N–H and O–H groups in total. The molecule has 1 amide bonds. The van der Waals surface area contributed by atoms with Crippen LogP contribution >= 0.6 is 0 Å². The van der Waals surface area contributed by atoms with E-state index in [0.717, 1.165) is 67.3 Å². The zero-order chi connectivity index (χ0) is 19.1. The van der Waals surface area contributed by atoms with Gasteiger partial charge in [0.25, 0.3) is 0 Å². The minimum Gasteiger partial charge on any atom is -0.494 e. The molecule has 1 saturated carbocycles. The van der Waals surface area contributed by atoms with E-state index in [9.17, 15) is 4.79 Å². The molecule has 1 aliphatic carbocycles. The van der Waals surface area contributed by atoms with Gasteiger partial charge in [-0.25, -0.2) is 4.98 Å². The molecule has 0 spiro atoms. The van der Waals surface area contributed by atoms with Crippen LogP contribution in [0.2, 0.25) is 0 Å². The number of pyridine rings is 1. The van der Waals surface area contributed by atoms with Gasteiger partial charge in [-0.05, 0) is 43.7 Å². The molecule has 4 heterocycles. The molecule has 6 rings (SSSR count). The average Bonchev–Trinajstić information content (AvgIpc) is 2.94. The number of rotatable bonds is 5. The molecule has 28 heavy (non-hydrogen) atoms. The number of nitrogens with zero attached hydrogens (tertiary/aromatic N) is 3. The zero-order valence-corrected chi connectivity index (χ0v) is 16.6. The van der Waals surface area contributed by atoms with E-state index in [4.69, 9.17) is 9.72 Å². The highest BCUT2D eigenvalue weighted by atomic mass is 16.5. The van der Waals surface area contributed by atoms with Crippen molar-refractivity contribution in [2.24, 2.45) is 11.8 Å². The van der Waals surface area contributed by atoms with Gasteiger partial charge in [0.05, 0.1) is 18.7 Å². The highest BCUT2D eigenvalue weighted by Crippen LogP contribution is 2.34. The maximum atomic E-state index is 13.0. The van der Waals surface area contributed by atoms with Crippen LogP contribution in [0.5, 0.6) is 5.75 Å². The molecule has 5 heteroatoms.